The van der Waals surface area contributed by atoms with Crippen LogP contribution in [0.25, 0.3) is 0 Å². The van der Waals surface area contributed by atoms with Gasteiger partial charge in [-0.15, -0.1) is 0 Å². The summed E-state index contributed by atoms with van der Waals surface area (Å²) in [7, 11) is -3.07. The predicted molar refractivity (Wildman–Crippen MR) is 78.2 cm³/mol. The molecule has 0 aromatic heterocycles. The summed E-state index contributed by atoms with van der Waals surface area (Å²) in [6.45, 7) is 3.58. The minimum absolute atomic E-state index is 0.0230. The molecule has 0 saturated heterocycles. The van der Waals surface area contributed by atoms with E-state index in [0.29, 0.717) is 12.2 Å². The molecule has 1 rings (SSSR count). The first-order valence-corrected chi connectivity index (χ1v) is 8.56. The molecule has 0 radical (unpaired) electrons. The highest BCUT2D eigenvalue weighted by molar-refractivity contribution is 7.91. The van der Waals surface area contributed by atoms with Crippen molar-refractivity contribution in [3.05, 3.63) is 29.6 Å². The molecule has 20 heavy (non-hydrogen) atoms. The minimum atomic E-state index is -3.07. The van der Waals surface area contributed by atoms with E-state index in [9.17, 15) is 12.8 Å². The molecule has 6 heteroatoms. The maximum Gasteiger partial charge on any atom is 0.153 e. The fourth-order valence-electron chi connectivity index (χ4n) is 1.70. The predicted octanol–water partition coefficient (Wildman–Crippen LogP) is 1.92. The van der Waals surface area contributed by atoms with E-state index >= 15 is 0 Å². The molecule has 0 aliphatic rings. The summed E-state index contributed by atoms with van der Waals surface area (Å²) < 4.78 is 41.5. The van der Waals surface area contributed by atoms with Gasteiger partial charge in [0.2, 0.25) is 0 Å². The van der Waals surface area contributed by atoms with Crippen LogP contribution >= 0.6 is 0 Å². The number of sulfone groups is 1. The molecule has 1 aromatic rings. The van der Waals surface area contributed by atoms with Crippen molar-refractivity contribution in [2.45, 2.75) is 32.7 Å². The van der Waals surface area contributed by atoms with E-state index in [4.69, 9.17) is 10.5 Å². The number of benzene rings is 1. The van der Waals surface area contributed by atoms with Crippen molar-refractivity contribution in [2.24, 2.45) is 5.73 Å². The largest absolute Gasteiger partial charge is 0.492 e. The third kappa shape index (κ3) is 5.88. The highest BCUT2D eigenvalue weighted by atomic mass is 32.2. The first kappa shape index (κ1) is 16.9. The highest BCUT2D eigenvalue weighted by Crippen LogP contribution is 2.18. The molecule has 114 valence electrons. The molecule has 1 aromatic carbocycles. The van der Waals surface area contributed by atoms with Crippen LogP contribution in [-0.2, 0) is 16.3 Å². The first-order chi connectivity index (χ1) is 9.36. The lowest BCUT2D eigenvalue weighted by molar-refractivity contribution is 0.338. The summed E-state index contributed by atoms with van der Waals surface area (Å²) in [5, 5.41) is 0. The molecule has 0 spiro atoms. The molecule has 2 N–H and O–H groups in total. The molecule has 0 amide bonds. The third-order valence-corrected chi connectivity index (χ3v) is 4.72. The Balaban J connectivity index is 2.66. The fourth-order valence-corrected chi connectivity index (χ4v) is 2.33. The Morgan fingerprint density at radius 1 is 1.30 bits per heavy atom. The molecule has 0 aliphatic carbocycles. The molecular formula is C14H22FNO3S. The zero-order chi connectivity index (χ0) is 15.2. The van der Waals surface area contributed by atoms with Crippen molar-refractivity contribution in [3.8, 4) is 5.75 Å². The number of rotatable bonds is 8. The van der Waals surface area contributed by atoms with Crippen LogP contribution in [0.2, 0.25) is 0 Å². The lowest BCUT2D eigenvalue weighted by atomic mass is 10.0. The Labute approximate surface area is 120 Å². The monoisotopic (exact) mass is 303 g/mol. The van der Waals surface area contributed by atoms with Gasteiger partial charge in [-0.1, -0.05) is 13.8 Å². The van der Waals surface area contributed by atoms with E-state index in [1.54, 1.807) is 13.0 Å². The first-order valence-electron chi connectivity index (χ1n) is 6.74. The van der Waals surface area contributed by atoms with Gasteiger partial charge in [0, 0.05) is 17.9 Å². The van der Waals surface area contributed by atoms with Gasteiger partial charge in [0.15, 0.2) is 9.84 Å². The van der Waals surface area contributed by atoms with Crippen LogP contribution in [0.5, 0.6) is 5.75 Å². The summed E-state index contributed by atoms with van der Waals surface area (Å²) >= 11 is 0. The quantitative estimate of drug-likeness (QED) is 0.796. The number of hydrogen-bond donors (Lipinski definition) is 1. The zero-order valence-corrected chi connectivity index (χ0v) is 12.7. The van der Waals surface area contributed by atoms with E-state index in [1.807, 2.05) is 6.92 Å². The Morgan fingerprint density at radius 2 is 2.00 bits per heavy atom. The number of halogens is 1. The molecule has 0 fully saturated rings. The van der Waals surface area contributed by atoms with Gasteiger partial charge >= 0.3 is 0 Å². The molecule has 0 bridgehead atoms. The minimum Gasteiger partial charge on any atom is -0.492 e. The molecule has 1 atom stereocenters. The van der Waals surface area contributed by atoms with E-state index in [0.717, 1.165) is 12.0 Å². The molecular weight excluding hydrogens is 281 g/mol. The maximum atomic E-state index is 13.5. The molecule has 4 nitrogen and oxygen atoms in total. The van der Waals surface area contributed by atoms with Gasteiger partial charge in [-0.2, -0.15) is 0 Å². The van der Waals surface area contributed by atoms with Crippen LogP contribution in [0.4, 0.5) is 4.39 Å². The van der Waals surface area contributed by atoms with Gasteiger partial charge in [0.05, 0.1) is 5.75 Å². The standard InChI is InChI=1S/C14H22FNO3S/c1-3-13(16)8-11-7-12(15)10-14(9-11)19-5-6-20(17,18)4-2/h7,9-10,13H,3-6,8,16H2,1-2H3. The molecule has 1 unspecified atom stereocenters. The van der Waals surface area contributed by atoms with Gasteiger partial charge in [-0.3, -0.25) is 0 Å². The van der Waals surface area contributed by atoms with Gasteiger partial charge in [0.25, 0.3) is 0 Å². The van der Waals surface area contributed by atoms with Gasteiger partial charge in [-0.25, -0.2) is 12.8 Å². The van der Waals surface area contributed by atoms with Gasteiger partial charge < -0.3 is 10.5 Å². The van der Waals surface area contributed by atoms with Crippen molar-refractivity contribution >= 4 is 9.84 Å². The topological polar surface area (TPSA) is 69.4 Å². The van der Waals surface area contributed by atoms with E-state index < -0.39 is 15.7 Å². The number of hydrogen-bond acceptors (Lipinski definition) is 4. The maximum absolute atomic E-state index is 13.5. The summed E-state index contributed by atoms with van der Waals surface area (Å²) in [5.41, 5.74) is 6.59. The fraction of sp³-hybridized carbons (Fsp3) is 0.571. The normalized spacial score (nSPS) is 13.2. The van der Waals surface area contributed by atoms with Crippen molar-refractivity contribution in [2.75, 3.05) is 18.1 Å². The Morgan fingerprint density at radius 3 is 2.60 bits per heavy atom. The Kier molecular flexibility index (Phi) is 6.42. The van der Waals surface area contributed by atoms with Crippen LogP contribution < -0.4 is 10.5 Å². The Bertz CT molecular complexity index is 531. The lowest BCUT2D eigenvalue weighted by Gasteiger charge is -2.11. The average molecular weight is 303 g/mol. The zero-order valence-electron chi connectivity index (χ0n) is 11.9. The highest BCUT2D eigenvalue weighted by Gasteiger charge is 2.09. The van der Waals surface area contributed by atoms with Crippen LogP contribution in [0.15, 0.2) is 18.2 Å². The second kappa shape index (κ2) is 7.59. The summed E-state index contributed by atoms with van der Waals surface area (Å²) in [5.74, 6) is -0.0475. The van der Waals surface area contributed by atoms with E-state index in [-0.39, 0.29) is 24.2 Å². The van der Waals surface area contributed by atoms with Gasteiger partial charge in [-0.05, 0) is 30.5 Å². The lowest BCUT2D eigenvalue weighted by Crippen LogP contribution is -2.21. The van der Waals surface area contributed by atoms with Crippen molar-refractivity contribution in [1.29, 1.82) is 0 Å². The van der Waals surface area contributed by atoms with E-state index in [1.165, 1.54) is 12.1 Å². The second-order valence-electron chi connectivity index (χ2n) is 4.75. The average Bonchev–Trinajstić information content (AvgIpc) is 2.37. The summed E-state index contributed by atoms with van der Waals surface area (Å²) in [4.78, 5) is 0. The molecule has 0 aliphatic heterocycles. The summed E-state index contributed by atoms with van der Waals surface area (Å²) in [6, 6.07) is 4.35. The van der Waals surface area contributed by atoms with Crippen molar-refractivity contribution in [3.63, 3.8) is 0 Å². The van der Waals surface area contributed by atoms with Crippen LogP contribution in [-0.4, -0.2) is 32.6 Å². The second-order valence-corrected chi connectivity index (χ2v) is 7.23. The van der Waals surface area contributed by atoms with Crippen LogP contribution in [0, 0.1) is 5.82 Å². The SMILES string of the molecule is CCC(N)Cc1cc(F)cc(OCCS(=O)(=O)CC)c1. The Hall–Kier alpha value is -1.14. The number of ether oxygens (including phenoxy) is 1. The van der Waals surface area contributed by atoms with E-state index in [2.05, 4.69) is 0 Å². The van der Waals surface area contributed by atoms with Crippen molar-refractivity contribution < 1.29 is 17.5 Å². The molecule has 0 saturated carbocycles. The van der Waals surface area contributed by atoms with Gasteiger partial charge in [0.1, 0.15) is 18.2 Å². The number of nitrogens with two attached hydrogens (primary N) is 1. The van der Waals surface area contributed by atoms with Crippen LogP contribution in [0.3, 0.4) is 0 Å². The van der Waals surface area contributed by atoms with Crippen LogP contribution in [0.1, 0.15) is 25.8 Å². The third-order valence-electron chi connectivity index (χ3n) is 3.06. The summed E-state index contributed by atoms with van der Waals surface area (Å²) in [6.07, 6.45) is 1.37. The smallest absolute Gasteiger partial charge is 0.153 e. The molecule has 0 heterocycles. The van der Waals surface area contributed by atoms with Crippen molar-refractivity contribution in [1.82, 2.24) is 0 Å².